The number of fused-ring (bicyclic) bond motifs is 1. The van der Waals surface area contributed by atoms with Gasteiger partial charge in [-0.1, -0.05) is 24.3 Å². The smallest absolute Gasteiger partial charge is 0.269 e. The van der Waals surface area contributed by atoms with Gasteiger partial charge in [0.15, 0.2) is 0 Å². The van der Waals surface area contributed by atoms with Gasteiger partial charge in [-0.2, -0.15) is 0 Å². The van der Waals surface area contributed by atoms with Crippen molar-refractivity contribution in [2.75, 3.05) is 6.54 Å². The van der Waals surface area contributed by atoms with Crippen molar-refractivity contribution in [3.05, 3.63) is 104 Å². The molecule has 0 radical (unpaired) electrons. The van der Waals surface area contributed by atoms with Crippen molar-refractivity contribution in [2.24, 2.45) is 0 Å². The van der Waals surface area contributed by atoms with E-state index in [0.717, 1.165) is 36.3 Å². The number of aromatic nitrogens is 1. The third kappa shape index (κ3) is 3.88. The van der Waals surface area contributed by atoms with Gasteiger partial charge in [0.25, 0.3) is 11.4 Å². The highest BCUT2D eigenvalue weighted by Crippen LogP contribution is 2.34. The molecule has 0 unspecified atom stereocenters. The van der Waals surface area contributed by atoms with Gasteiger partial charge < -0.3 is 4.57 Å². The number of nitro benzene ring substituents is 2. The van der Waals surface area contributed by atoms with Crippen LogP contribution in [0.4, 0.5) is 11.4 Å². The highest BCUT2D eigenvalue weighted by Gasteiger charge is 2.28. The second-order valence-corrected chi connectivity index (χ2v) is 7.13. The van der Waals surface area contributed by atoms with E-state index in [1.54, 1.807) is 24.3 Å². The summed E-state index contributed by atoms with van der Waals surface area (Å²) in [6.07, 6.45) is 2.98. The molecule has 0 N–H and O–H groups in total. The molecule has 0 bridgehead atoms. The second kappa shape index (κ2) is 7.84. The van der Waals surface area contributed by atoms with E-state index in [4.69, 9.17) is 0 Å². The van der Waals surface area contributed by atoms with Gasteiger partial charge in [0.1, 0.15) is 0 Å². The molecule has 1 aromatic heterocycles. The molecule has 0 spiro atoms. The topological polar surface area (TPSA) is 94.5 Å². The number of hydrogen-bond acceptors (Lipinski definition) is 5. The lowest BCUT2D eigenvalue weighted by Gasteiger charge is -2.30. The molecule has 2 heterocycles. The van der Waals surface area contributed by atoms with Gasteiger partial charge >= 0.3 is 0 Å². The average Bonchev–Trinajstić information content (AvgIpc) is 3.10. The lowest BCUT2D eigenvalue weighted by Crippen LogP contribution is -2.29. The zero-order valence-corrected chi connectivity index (χ0v) is 15.7. The van der Waals surface area contributed by atoms with Crippen molar-refractivity contribution in [2.45, 2.75) is 25.6 Å². The van der Waals surface area contributed by atoms with Crippen LogP contribution >= 0.6 is 0 Å². The van der Waals surface area contributed by atoms with Crippen LogP contribution in [0.2, 0.25) is 0 Å². The Balaban J connectivity index is 1.72. The molecule has 2 aromatic carbocycles. The molecular formula is C21H20N4O4. The molecule has 1 atom stereocenters. The summed E-state index contributed by atoms with van der Waals surface area (Å²) in [5, 5.41) is 22.2. The fourth-order valence-electron chi connectivity index (χ4n) is 3.96. The minimum absolute atomic E-state index is 0.0636. The maximum atomic E-state index is 11.3. The summed E-state index contributed by atoms with van der Waals surface area (Å²) < 4.78 is 2.19. The Morgan fingerprint density at radius 1 is 0.897 bits per heavy atom. The number of benzene rings is 2. The van der Waals surface area contributed by atoms with E-state index in [1.807, 2.05) is 18.3 Å². The Morgan fingerprint density at radius 2 is 1.66 bits per heavy atom. The summed E-state index contributed by atoms with van der Waals surface area (Å²) in [7, 11) is 0. The van der Waals surface area contributed by atoms with Gasteiger partial charge in [0, 0.05) is 55.8 Å². The van der Waals surface area contributed by atoms with E-state index in [0.29, 0.717) is 6.54 Å². The summed E-state index contributed by atoms with van der Waals surface area (Å²) >= 11 is 0. The van der Waals surface area contributed by atoms with Gasteiger partial charge in [0.2, 0.25) is 0 Å². The molecule has 0 saturated heterocycles. The molecule has 8 heteroatoms. The summed E-state index contributed by atoms with van der Waals surface area (Å²) in [6, 6.07) is 17.2. The molecule has 0 fully saturated rings. The van der Waals surface area contributed by atoms with E-state index in [9.17, 15) is 20.2 Å². The average molecular weight is 392 g/mol. The Hall–Kier alpha value is -3.52. The van der Waals surface area contributed by atoms with Crippen LogP contribution in [-0.2, 0) is 13.1 Å². The van der Waals surface area contributed by atoms with Gasteiger partial charge in [-0.25, -0.2) is 0 Å². The first-order chi connectivity index (χ1) is 14.0. The van der Waals surface area contributed by atoms with Gasteiger partial charge in [0.05, 0.1) is 15.9 Å². The molecule has 0 amide bonds. The van der Waals surface area contributed by atoms with E-state index in [2.05, 4.69) is 15.5 Å². The van der Waals surface area contributed by atoms with Crippen molar-refractivity contribution >= 4 is 11.4 Å². The molecule has 1 aliphatic heterocycles. The second-order valence-electron chi connectivity index (χ2n) is 7.13. The molecule has 4 rings (SSSR count). The van der Waals surface area contributed by atoms with Crippen LogP contribution in [0.5, 0.6) is 0 Å². The first-order valence-corrected chi connectivity index (χ1v) is 9.40. The maximum Gasteiger partial charge on any atom is 0.269 e. The number of rotatable bonds is 5. The van der Waals surface area contributed by atoms with E-state index in [-0.39, 0.29) is 22.3 Å². The van der Waals surface area contributed by atoms with Crippen LogP contribution in [0.1, 0.15) is 29.3 Å². The fraction of sp³-hybridized carbons (Fsp3) is 0.238. The zero-order valence-electron chi connectivity index (χ0n) is 15.7. The fourth-order valence-corrected chi connectivity index (χ4v) is 3.96. The monoisotopic (exact) mass is 392 g/mol. The zero-order chi connectivity index (χ0) is 20.4. The molecule has 0 aliphatic carbocycles. The van der Waals surface area contributed by atoms with Crippen molar-refractivity contribution in [1.82, 2.24) is 9.47 Å². The van der Waals surface area contributed by atoms with E-state index in [1.165, 1.54) is 18.2 Å². The SMILES string of the molecule is O=[N+]([O-])c1ccc(CN2CCCn3cccc3[C@H]2c2cccc([N+](=O)[O-])c2)cc1. The van der Waals surface area contributed by atoms with Crippen molar-refractivity contribution < 1.29 is 9.85 Å². The summed E-state index contributed by atoms with van der Waals surface area (Å²) in [5.41, 5.74) is 3.05. The van der Waals surface area contributed by atoms with Gasteiger partial charge in [-0.05, 0) is 29.7 Å². The third-order valence-electron chi connectivity index (χ3n) is 5.28. The van der Waals surface area contributed by atoms with Gasteiger partial charge in [-0.15, -0.1) is 0 Å². The summed E-state index contributed by atoms with van der Waals surface area (Å²) in [5.74, 6) is 0. The van der Waals surface area contributed by atoms with Crippen molar-refractivity contribution in [1.29, 1.82) is 0 Å². The molecule has 8 nitrogen and oxygen atoms in total. The van der Waals surface area contributed by atoms with Crippen LogP contribution in [-0.4, -0.2) is 25.9 Å². The standard InChI is InChI=1S/C21H20N4O4/c26-24(27)18-9-7-16(8-10-18)15-23-13-3-12-22-11-2-6-20(22)21(23)17-4-1-5-19(14-17)25(28)29/h1-2,4-11,14,21H,3,12-13,15H2/t21-/m1/s1. The highest BCUT2D eigenvalue weighted by atomic mass is 16.6. The predicted octanol–water partition coefficient (Wildman–Crippen LogP) is 4.30. The molecular weight excluding hydrogens is 372 g/mol. The van der Waals surface area contributed by atoms with Crippen LogP contribution in [0.15, 0.2) is 66.9 Å². The lowest BCUT2D eigenvalue weighted by molar-refractivity contribution is -0.385. The molecule has 1 aliphatic rings. The van der Waals surface area contributed by atoms with Crippen LogP contribution < -0.4 is 0 Å². The summed E-state index contributed by atoms with van der Waals surface area (Å²) in [6.45, 7) is 2.28. The number of nitro groups is 2. The maximum absolute atomic E-state index is 11.3. The Bertz CT molecular complexity index is 1040. The normalized spacial score (nSPS) is 16.8. The number of nitrogens with zero attached hydrogens (tertiary/aromatic N) is 4. The number of aryl methyl sites for hydroxylation is 1. The molecule has 3 aromatic rings. The summed E-state index contributed by atoms with van der Waals surface area (Å²) in [4.78, 5) is 23.7. The van der Waals surface area contributed by atoms with Crippen LogP contribution in [0.25, 0.3) is 0 Å². The van der Waals surface area contributed by atoms with Crippen molar-refractivity contribution in [3.63, 3.8) is 0 Å². The number of non-ortho nitro benzene ring substituents is 2. The van der Waals surface area contributed by atoms with E-state index < -0.39 is 4.92 Å². The quantitative estimate of drug-likeness (QED) is 0.477. The highest BCUT2D eigenvalue weighted by molar-refractivity contribution is 5.40. The minimum atomic E-state index is -0.408. The number of hydrogen-bond donors (Lipinski definition) is 0. The molecule has 0 saturated carbocycles. The Labute approximate surface area is 167 Å². The third-order valence-corrected chi connectivity index (χ3v) is 5.28. The van der Waals surface area contributed by atoms with E-state index >= 15 is 0 Å². The largest absolute Gasteiger partial charge is 0.350 e. The van der Waals surface area contributed by atoms with Crippen molar-refractivity contribution in [3.8, 4) is 0 Å². The minimum Gasteiger partial charge on any atom is -0.350 e. The molecule has 29 heavy (non-hydrogen) atoms. The Kier molecular flexibility index (Phi) is 5.09. The predicted molar refractivity (Wildman–Crippen MR) is 107 cm³/mol. The molecule has 148 valence electrons. The van der Waals surface area contributed by atoms with Crippen LogP contribution in [0, 0.1) is 20.2 Å². The first kappa shape index (κ1) is 18.8. The van der Waals surface area contributed by atoms with Crippen LogP contribution in [0.3, 0.4) is 0 Å². The lowest BCUT2D eigenvalue weighted by atomic mass is 10.0. The first-order valence-electron chi connectivity index (χ1n) is 9.40. The Morgan fingerprint density at radius 3 is 2.38 bits per heavy atom. The van der Waals surface area contributed by atoms with Gasteiger partial charge in [-0.3, -0.25) is 25.1 Å².